The van der Waals surface area contributed by atoms with E-state index < -0.39 is 0 Å². The average molecular weight is 348 g/mol. The zero-order valence-corrected chi connectivity index (χ0v) is 15.9. The summed E-state index contributed by atoms with van der Waals surface area (Å²) in [7, 11) is 0. The molecule has 0 spiro atoms. The van der Waals surface area contributed by atoms with Crippen LogP contribution in [0.15, 0.2) is 10.6 Å². The molecule has 2 fully saturated rings. The van der Waals surface area contributed by atoms with Crippen LogP contribution in [0.3, 0.4) is 0 Å². The van der Waals surface area contributed by atoms with Gasteiger partial charge in [0.1, 0.15) is 5.76 Å². The normalized spacial score (nSPS) is 26.0. The van der Waals surface area contributed by atoms with Crippen LogP contribution >= 0.6 is 0 Å². The molecule has 25 heavy (non-hydrogen) atoms. The highest BCUT2D eigenvalue weighted by molar-refractivity contribution is 5.74. The number of aromatic nitrogens is 1. The summed E-state index contributed by atoms with van der Waals surface area (Å²) in [5.41, 5.74) is 1.16. The Morgan fingerprint density at radius 1 is 1.28 bits per heavy atom. The molecule has 2 atom stereocenters. The van der Waals surface area contributed by atoms with Gasteiger partial charge in [-0.25, -0.2) is 4.79 Å². The van der Waals surface area contributed by atoms with Gasteiger partial charge in [-0.15, -0.1) is 0 Å². The first kappa shape index (κ1) is 18.3. The molecule has 3 rings (SSSR count). The zero-order valence-electron chi connectivity index (χ0n) is 15.9. The van der Waals surface area contributed by atoms with Gasteiger partial charge in [-0.2, -0.15) is 0 Å². The lowest BCUT2D eigenvalue weighted by Crippen LogP contribution is -2.60. The monoisotopic (exact) mass is 347 g/mol. The van der Waals surface area contributed by atoms with Crippen LogP contribution < -0.4 is 10.6 Å². The van der Waals surface area contributed by atoms with Crippen molar-refractivity contribution in [2.75, 3.05) is 6.54 Å². The molecule has 140 valence electrons. The summed E-state index contributed by atoms with van der Waals surface area (Å²) >= 11 is 0. The van der Waals surface area contributed by atoms with Gasteiger partial charge < -0.3 is 15.2 Å². The lowest BCUT2D eigenvalue weighted by atomic mass is 9.57. The van der Waals surface area contributed by atoms with Gasteiger partial charge in [0.15, 0.2) is 0 Å². The first-order valence-electron chi connectivity index (χ1n) is 9.98. The minimum Gasteiger partial charge on any atom is -0.361 e. The Bertz CT molecular complexity index is 575. The number of carbonyl (C=O) groups excluding carboxylic acids is 1. The third kappa shape index (κ3) is 4.36. The summed E-state index contributed by atoms with van der Waals surface area (Å²) in [6, 6.07) is 2.34. The lowest BCUT2D eigenvalue weighted by Gasteiger charge is -2.52. The number of hydrogen-bond acceptors (Lipinski definition) is 3. The maximum absolute atomic E-state index is 11.7. The van der Waals surface area contributed by atoms with Crippen LogP contribution in [0.4, 0.5) is 4.79 Å². The van der Waals surface area contributed by atoms with Crippen molar-refractivity contribution in [3.05, 3.63) is 17.5 Å². The van der Waals surface area contributed by atoms with E-state index in [1.807, 2.05) is 6.92 Å². The maximum Gasteiger partial charge on any atom is 0.315 e. The summed E-state index contributed by atoms with van der Waals surface area (Å²) in [5.74, 6) is 2.36. The molecule has 5 heteroatoms. The molecule has 0 aliphatic heterocycles. The predicted molar refractivity (Wildman–Crippen MR) is 98.4 cm³/mol. The van der Waals surface area contributed by atoms with Gasteiger partial charge in [0, 0.05) is 25.1 Å². The third-order valence-electron chi connectivity index (χ3n) is 6.39. The summed E-state index contributed by atoms with van der Waals surface area (Å²) in [5, 5.41) is 10.2. The van der Waals surface area contributed by atoms with E-state index in [9.17, 15) is 4.79 Å². The third-order valence-corrected chi connectivity index (χ3v) is 6.39. The topological polar surface area (TPSA) is 67.2 Å². The number of carbonyl (C=O) groups is 1. The van der Waals surface area contributed by atoms with E-state index in [1.54, 1.807) is 0 Å². The standard InChI is InChI=1S/C20H33N3O2/c1-4-21-19(24)22-18-12-15(20(18,2)3)11-16-13-17(25-23-16)10-14-8-6-5-7-9-14/h13-15,18H,4-12H2,1-3H3,(H2,21,22,24). The molecule has 0 radical (unpaired) electrons. The van der Waals surface area contributed by atoms with Crippen molar-refractivity contribution < 1.29 is 9.32 Å². The Labute approximate surface area is 151 Å². The van der Waals surface area contributed by atoms with E-state index in [-0.39, 0.29) is 17.5 Å². The molecule has 5 nitrogen and oxygen atoms in total. The van der Waals surface area contributed by atoms with Gasteiger partial charge in [0.25, 0.3) is 0 Å². The van der Waals surface area contributed by atoms with E-state index in [0.29, 0.717) is 12.5 Å². The van der Waals surface area contributed by atoms with Gasteiger partial charge in [0.2, 0.25) is 0 Å². The summed E-state index contributed by atoms with van der Waals surface area (Å²) < 4.78 is 5.60. The number of nitrogens with zero attached hydrogens (tertiary/aromatic N) is 1. The second kappa shape index (κ2) is 7.79. The average Bonchev–Trinajstić information content (AvgIpc) is 3.02. The number of amides is 2. The van der Waals surface area contributed by atoms with Crippen LogP contribution in [0.2, 0.25) is 0 Å². The van der Waals surface area contributed by atoms with E-state index in [2.05, 4.69) is 35.7 Å². The minimum atomic E-state index is -0.0600. The fourth-order valence-corrected chi connectivity index (χ4v) is 4.45. The van der Waals surface area contributed by atoms with E-state index in [1.165, 1.54) is 32.1 Å². The Morgan fingerprint density at radius 2 is 2.04 bits per heavy atom. The molecule has 2 N–H and O–H groups in total. The molecule has 1 aromatic rings. The van der Waals surface area contributed by atoms with E-state index >= 15 is 0 Å². The second-order valence-electron chi connectivity index (χ2n) is 8.51. The van der Waals surface area contributed by atoms with Gasteiger partial charge in [0.05, 0.1) is 5.69 Å². The van der Waals surface area contributed by atoms with Crippen LogP contribution in [0.5, 0.6) is 0 Å². The van der Waals surface area contributed by atoms with Crippen molar-refractivity contribution in [3.8, 4) is 0 Å². The quantitative estimate of drug-likeness (QED) is 0.815. The van der Waals surface area contributed by atoms with Crippen LogP contribution in [-0.2, 0) is 12.8 Å². The van der Waals surface area contributed by atoms with E-state index in [4.69, 9.17) is 4.52 Å². The SMILES string of the molecule is CCNC(=O)NC1CC(Cc2cc(CC3CCCCC3)on2)C1(C)C. The molecule has 0 saturated heterocycles. The molecule has 0 bridgehead atoms. The maximum atomic E-state index is 11.7. The summed E-state index contributed by atoms with van der Waals surface area (Å²) in [4.78, 5) is 11.7. The van der Waals surface area contributed by atoms with Gasteiger partial charge in [-0.1, -0.05) is 51.1 Å². The van der Waals surface area contributed by atoms with Crippen molar-refractivity contribution in [1.82, 2.24) is 15.8 Å². The molecule has 2 aliphatic carbocycles. The van der Waals surface area contributed by atoms with Crippen LogP contribution in [0, 0.1) is 17.3 Å². The van der Waals surface area contributed by atoms with Crippen LogP contribution in [-0.4, -0.2) is 23.8 Å². The first-order chi connectivity index (χ1) is 12.0. The minimum absolute atomic E-state index is 0.0600. The molecule has 2 aliphatic rings. The second-order valence-corrected chi connectivity index (χ2v) is 8.51. The highest BCUT2D eigenvalue weighted by atomic mass is 16.5. The predicted octanol–water partition coefficient (Wildman–Crippen LogP) is 4.07. The lowest BCUT2D eigenvalue weighted by molar-refractivity contribution is 0.0201. The number of nitrogens with one attached hydrogen (secondary N) is 2. The number of rotatable bonds is 6. The highest BCUT2D eigenvalue weighted by Crippen LogP contribution is 2.47. The van der Waals surface area contributed by atoms with Gasteiger partial charge in [-0.05, 0) is 37.0 Å². The first-order valence-corrected chi connectivity index (χ1v) is 9.98. The van der Waals surface area contributed by atoms with Crippen molar-refractivity contribution >= 4 is 6.03 Å². The summed E-state index contributed by atoms with van der Waals surface area (Å²) in [6.07, 6.45) is 9.77. The van der Waals surface area contributed by atoms with Crippen LogP contribution in [0.1, 0.15) is 70.8 Å². The van der Waals surface area contributed by atoms with Crippen LogP contribution in [0.25, 0.3) is 0 Å². The van der Waals surface area contributed by atoms with Crippen molar-refractivity contribution in [3.63, 3.8) is 0 Å². The molecule has 2 amide bonds. The smallest absolute Gasteiger partial charge is 0.315 e. The Hall–Kier alpha value is -1.52. The largest absolute Gasteiger partial charge is 0.361 e. The molecular formula is C20H33N3O2. The Morgan fingerprint density at radius 3 is 2.72 bits per heavy atom. The Kier molecular flexibility index (Phi) is 5.70. The molecule has 2 saturated carbocycles. The van der Waals surface area contributed by atoms with Crippen molar-refractivity contribution in [2.24, 2.45) is 17.3 Å². The summed E-state index contributed by atoms with van der Waals surface area (Å²) in [6.45, 7) is 7.07. The zero-order chi connectivity index (χ0) is 17.9. The fourth-order valence-electron chi connectivity index (χ4n) is 4.45. The number of hydrogen-bond donors (Lipinski definition) is 2. The molecule has 1 heterocycles. The molecule has 1 aromatic heterocycles. The number of urea groups is 1. The van der Waals surface area contributed by atoms with Crippen molar-refractivity contribution in [1.29, 1.82) is 0 Å². The highest BCUT2D eigenvalue weighted by Gasteiger charge is 2.48. The fraction of sp³-hybridized carbons (Fsp3) is 0.800. The molecular weight excluding hydrogens is 314 g/mol. The molecule has 2 unspecified atom stereocenters. The van der Waals surface area contributed by atoms with E-state index in [0.717, 1.165) is 36.6 Å². The van der Waals surface area contributed by atoms with Gasteiger partial charge >= 0.3 is 6.03 Å². The van der Waals surface area contributed by atoms with Crippen molar-refractivity contribution in [2.45, 2.75) is 78.2 Å². The van der Waals surface area contributed by atoms with Gasteiger partial charge in [-0.3, -0.25) is 0 Å². The molecule has 0 aromatic carbocycles. The Balaban J connectivity index is 1.49.